The molecule has 0 radical (unpaired) electrons. The first kappa shape index (κ1) is 79.5. The van der Waals surface area contributed by atoms with E-state index < -0.39 is 0 Å². The van der Waals surface area contributed by atoms with E-state index in [-0.39, 0.29) is 10.3 Å². The average molecular weight is 1980 g/mol. The van der Waals surface area contributed by atoms with Gasteiger partial charge in [-0.2, -0.15) is 6.42 Å². The molecule has 0 saturated heterocycles. The molecule has 3 aromatic heterocycles. The normalized spacial score (nSPS) is 12.1. The van der Waals surface area contributed by atoms with E-state index in [1.807, 2.05) is 79.7 Å². The van der Waals surface area contributed by atoms with Gasteiger partial charge >= 0.3 is 64.9 Å². The molecule has 0 atom stereocenters. The Morgan fingerprint density at radius 1 is 0.248 bits per heavy atom. The Labute approximate surface area is 764 Å². The number of rotatable bonds is 13. The van der Waals surface area contributed by atoms with Crippen LogP contribution in [0.5, 0.6) is 0 Å². The fourth-order valence-electron chi connectivity index (χ4n) is 19.1. The van der Waals surface area contributed by atoms with Crippen LogP contribution in [0.2, 0.25) is 0 Å². The average Bonchev–Trinajstić information content (AvgIpc) is 1.49. The van der Waals surface area contributed by atoms with Crippen LogP contribution in [0.25, 0.3) is 228 Å². The summed E-state index contributed by atoms with van der Waals surface area (Å²) in [5.41, 5.74) is 27.1. The molecular formula is C114H78I3N7V-. The van der Waals surface area contributed by atoms with Crippen LogP contribution in [0.4, 0.5) is 0 Å². The summed E-state index contributed by atoms with van der Waals surface area (Å²) in [5.74, 6) is 3.54. The van der Waals surface area contributed by atoms with E-state index in [1.54, 1.807) is 0 Å². The molecule has 0 N–H and O–H groups in total. The first-order chi connectivity index (χ1) is 61.4. The van der Waals surface area contributed by atoms with Gasteiger partial charge in [-0.1, -0.05) is 360 Å². The molecule has 0 spiro atoms. The number of para-hydroxylation sites is 1. The summed E-state index contributed by atoms with van der Waals surface area (Å²) < 4.78 is 2.51. The van der Waals surface area contributed by atoms with Crippen LogP contribution in [-0.2, 0) is 10.3 Å². The van der Waals surface area contributed by atoms with Crippen LogP contribution in [0.1, 0.15) is 38.3 Å². The van der Waals surface area contributed by atoms with Crippen molar-refractivity contribution in [2.45, 2.75) is 32.6 Å². The van der Waals surface area contributed by atoms with Crippen molar-refractivity contribution < 1.29 is 4.92 Å². The molecule has 22 aromatic rings. The van der Waals surface area contributed by atoms with Crippen molar-refractivity contribution in [1.29, 1.82) is 0 Å². The van der Waals surface area contributed by atoms with Gasteiger partial charge < -0.3 is 11.5 Å². The topological polar surface area (TPSA) is 82.3 Å². The maximum atomic E-state index is 5.36. The van der Waals surface area contributed by atoms with E-state index in [9.17, 15) is 0 Å². The molecule has 0 amide bonds. The Bertz CT molecular complexity index is 7770. The van der Waals surface area contributed by atoms with E-state index in [1.165, 1.54) is 71.2 Å². The second kappa shape index (κ2) is 33.8. The van der Waals surface area contributed by atoms with Gasteiger partial charge in [0, 0.05) is 55.3 Å². The van der Waals surface area contributed by atoms with E-state index in [0.29, 0.717) is 34.9 Å². The Balaban J connectivity index is 0.00000132. The Kier molecular flexibility index (Phi) is 21.5. The van der Waals surface area contributed by atoms with Gasteiger partial charge in [0.25, 0.3) is 0 Å². The second-order valence-corrected chi connectivity index (χ2v) is 67.5. The number of nitrogens with zero attached hydrogens (tertiary/aromatic N) is 7. The number of halogens is 3. The second-order valence-electron chi connectivity index (χ2n) is 32.2. The van der Waals surface area contributed by atoms with Gasteiger partial charge in [0.2, 0.25) is 0 Å². The van der Waals surface area contributed by atoms with Gasteiger partial charge in [0.15, 0.2) is 34.9 Å². The zero-order valence-electron chi connectivity index (χ0n) is 68.7. The maximum absolute atomic E-state index is 5.36. The molecule has 11 heteroatoms. The molecule has 0 bridgehead atoms. The molecule has 7 nitrogen and oxygen atoms in total. The SMILES string of the molecule is CC1(C)c2ccccc2-c2cc3c4ccccc4n(-c4cccc(-c5cc(-c6ccccc6)c6c7cccc8c9c(-c%10cccc(-c%11nc(-c%12ccccc%12)nc(-c%12ccccc%12)n%11)c%10)c(-c%10ccccc%10)cc(-c%10cccc(-c%11nc(-c%12ccccc%12)nc(-c%12ccccc%12)n%11)c%10)c9c9cccc(c6c5-c5ccccc5)c9c78)c4)c3cc21.[CH2-]CC.[I][V]([I])[I]. The summed E-state index contributed by atoms with van der Waals surface area (Å²) in [6, 6.07) is 143. The number of hydrogen-bond acceptors (Lipinski definition) is 6. The summed E-state index contributed by atoms with van der Waals surface area (Å²) in [5, 5.41) is 14.0. The van der Waals surface area contributed by atoms with Crippen molar-refractivity contribution in [3.05, 3.63) is 412 Å². The Hall–Kier alpha value is -12.7. The zero-order chi connectivity index (χ0) is 84.4. The molecule has 1 aliphatic rings. The zero-order valence-corrected chi connectivity index (χ0v) is 76.5. The fourth-order valence-corrected chi connectivity index (χ4v) is 19.1. The number of aromatic nitrogens is 7. The van der Waals surface area contributed by atoms with Gasteiger partial charge in [-0.3, -0.25) is 0 Å². The molecule has 19 aromatic carbocycles. The molecule has 0 aliphatic heterocycles. The quantitative estimate of drug-likeness (QED) is 0.0495. The predicted molar refractivity (Wildman–Crippen MR) is 547 cm³/mol. The molecule has 0 saturated carbocycles. The predicted octanol–water partition coefficient (Wildman–Crippen LogP) is 32.6. The van der Waals surface area contributed by atoms with E-state index in [4.69, 9.17) is 29.9 Å². The van der Waals surface area contributed by atoms with Crippen molar-refractivity contribution in [1.82, 2.24) is 34.5 Å². The third-order valence-corrected chi connectivity index (χ3v) is 24.4. The molecule has 23 rings (SSSR count). The van der Waals surface area contributed by atoms with Gasteiger partial charge in [0.1, 0.15) is 0 Å². The van der Waals surface area contributed by atoms with Crippen LogP contribution in [0.15, 0.2) is 394 Å². The van der Waals surface area contributed by atoms with Crippen LogP contribution in [-0.4, -0.2) is 34.5 Å². The van der Waals surface area contributed by atoms with Crippen molar-refractivity contribution >= 4 is 136 Å². The first-order valence-electron chi connectivity index (χ1n) is 42.1. The van der Waals surface area contributed by atoms with E-state index in [0.717, 1.165) is 139 Å². The first-order valence-corrected chi connectivity index (χ1v) is 55.6. The molecule has 3 heterocycles. The van der Waals surface area contributed by atoms with E-state index in [2.05, 4.69) is 407 Å². The van der Waals surface area contributed by atoms with Gasteiger partial charge in [-0.25, -0.2) is 29.9 Å². The summed E-state index contributed by atoms with van der Waals surface area (Å²) in [4.78, 5) is 31.5. The van der Waals surface area contributed by atoms with Crippen LogP contribution in [0.3, 0.4) is 0 Å². The molecule has 125 heavy (non-hydrogen) atoms. The molecule has 0 unspecified atom stereocenters. The minimum atomic E-state index is -0.278. The van der Waals surface area contributed by atoms with Crippen molar-refractivity contribution in [3.8, 4) is 152 Å². The summed E-state index contributed by atoms with van der Waals surface area (Å²) in [6.45, 7) is 10.3. The fraction of sp³-hybridized carbons (Fsp3) is 0.0439. The standard InChI is InChI=1S/C111H71N7.C3H7.3HI.V/c1-111(2)93-59-26-24-53-81(93)91-66-92-82-54-25-27-60-95(82)118(96(92)67-94(91)111)80-52-30-48-76(63-80)89-65-88(69-35-12-4-13-36-69)101-83-55-31-58-86-99(83)100-84(56-32-57-85(100)103(101)97(89)70-37-14-5-15-38-70)102-90(75-47-28-50-78(61-75)109-114-105(71-39-16-6-17-40-71)112-106(115-109)72-41-18-7-19-42-72)64-87(68-33-10-3-11-34-68)98(104(86)102)77-49-29-51-79(62-77)110-116-107(73-43-20-8-21-44-73)113-108(117-110)74-45-22-9-23-46-74;1-3-2;;;;/h3-67H,1-2H3;1,3H2,2H3;3*1H;/q;-1;;;;+3/p-3. The van der Waals surface area contributed by atoms with Crippen molar-refractivity contribution in [3.63, 3.8) is 0 Å². The monoisotopic (exact) mass is 1980 g/mol. The minimum absolute atomic E-state index is 0.189. The van der Waals surface area contributed by atoms with Crippen LogP contribution in [0, 0.1) is 6.92 Å². The van der Waals surface area contributed by atoms with Crippen molar-refractivity contribution in [2.75, 3.05) is 0 Å². The molecule has 596 valence electrons. The number of hydrogen-bond donors (Lipinski definition) is 0. The van der Waals surface area contributed by atoms with Gasteiger partial charge in [-0.15, -0.1) is 0 Å². The van der Waals surface area contributed by atoms with Crippen molar-refractivity contribution in [2.24, 2.45) is 0 Å². The summed E-state index contributed by atoms with van der Waals surface area (Å²) in [7, 11) is 0. The Morgan fingerprint density at radius 3 is 1.05 bits per heavy atom. The third-order valence-electron chi connectivity index (χ3n) is 24.4. The van der Waals surface area contributed by atoms with Gasteiger partial charge in [0.05, 0.1) is 11.0 Å². The third kappa shape index (κ3) is 14.5. The van der Waals surface area contributed by atoms with Crippen LogP contribution < -0.4 is 0 Å². The van der Waals surface area contributed by atoms with E-state index >= 15 is 0 Å². The number of benzene rings is 19. The molecule has 0 fully saturated rings. The summed E-state index contributed by atoms with van der Waals surface area (Å²) in [6.07, 6.45) is 1.00. The van der Waals surface area contributed by atoms with Gasteiger partial charge in [-0.05, 0) is 197 Å². The van der Waals surface area contributed by atoms with Crippen LogP contribution >= 0.6 is 59.9 Å². The Morgan fingerprint density at radius 2 is 0.568 bits per heavy atom. The summed E-state index contributed by atoms with van der Waals surface area (Å²) >= 11 is 7.39. The number of fused-ring (bicyclic) bond motifs is 12. The molecular weight excluding hydrogens is 1900 g/mol. The molecule has 1 aliphatic carbocycles.